The third kappa shape index (κ3) is 3.78. The van der Waals surface area contributed by atoms with Crippen LogP contribution in [0.25, 0.3) is 22.0 Å². The summed E-state index contributed by atoms with van der Waals surface area (Å²) in [6.45, 7) is 1.12. The molecule has 3 aromatic rings. The third-order valence-electron chi connectivity index (χ3n) is 4.59. The molecule has 0 atom stereocenters. The summed E-state index contributed by atoms with van der Waals surface area (Å²) in [5, 5.41) is 3.55. The first kappa shape index (κ1) is 19.0. The van der Waals surface area contributed by atoms with Gasteiger partial charge in [-0.25, -0.2) is 9.97 Å². The molecule has 1 amide bonds. The van der Waals surface area contributed by atoms with E-state index in [9.17, 15) is 4.79 Å². The summed E-state index contributed by atoms with van der Waals surface area (Å²) in [6.07, 6.45) is 1.03. The van der Waals surface area contributed by atoms with Crippen molar-refractivity contribution in [3.63, 3.8) is 0 Å². The van der Waals surface area contributed by atoms with E-state index in [2.05, 4.69) is 16.0 Å². The Morgan fingerprint density at radius 1 is 1.21 bits per heavy atom. The van der Waals surface area contributed by atoms with E-state index in [1.807, 2.05) is 24.3 Å². The number of nitrogens with zero attached hydrogens (tertiary/aromatic N) is 2. The number of halogens is 1. The summed E-state index contributed by atoms with van der Waals surface area (Å²) in [7, 11) is 0. The van der Waals surface area contributed by atoms with Gasteiger partial charge in [0, 0.05) is 12.0 Å². The Labute approximate surface area is 171 Å². The molecule has 1 aliphatic heterocycles. The number of primary amides is 1. The van der Waals surface area contributed by atoms with Gasteiger partial charge in [-0.15, -0.1) is 11.8 Å². The molecule has 6 nitrogen and oxygen atoms in total. The van der Waals surface area contributed by atoms with Gasteiger partial charge in [-0.1, -0.05) is 29.8 Å². The summed E-state index contributed by atoms with van der Waals surface area (Å²) >= 11 is 8.17. The fraction of sp³-hybridized carbons (Fsp3) is 0.250. The largest absolute Gasteiger partial charge is 0.372 e. The van der Waals surface area contributed by atoms with Crippen LogP contribution in [0.1, 0.15) is 24.0 Å². The number of benzene rings is 2. The fourth-order valence-electron chi connectivity index (χ4n) is 3.45. The van der Waals surface area contributed by atoms with Crippen molar-refractivity contribution in [1.82, 2.24) is 9.97 Å². The second-order valence-corrected chi connectivity index (χ2v) is 8.12. The molecule has 1 aromatic heterocycles. The number of hydrogen-bond acceptors (Lipinski definition) is 6. The number of ether oxygens (including phenoxy) is 1. The molecule has 0 aliphatic carbocycles. The number of carbonyl (C=O) groups excluding carboxylic acids is 1. The molecular formula is C20H19ClN4O2S. The SMILES string of the molecule is NC(=O)CCCSc1cc(-c2c(Cl)cc3c4c(cccc24)COC3)nc(N)n1. The summed E-state index contributed by atoms with van der Waals surface area (Å²) in [4.78, 5) is 19.6. The normalized spacial score (nSPS) is 13.0. The lowest BCUT2D eigenvalue weighted by Gasteiger charge is -2.20. The van der Waals surface area contributed by atoms with Crippen molar-refractivity contribution in [1.29, 1.82) is 0 Å². The van der Waals surface area contributed by atoms with Crippen LogP contribution in [0.2, 0.25) is 5.02 Å². The lowest BCUT2D eigenvalue weighted by Crippen LogP contribution is -2.10. The van der Waals surface area contributed by atoms with Gasteiger partial charge in [-0.2, -0.15) is 0 Å². The maximum Gasteiger partial charge on any atom is 0.221 e. The molecule has 2 aromatic carbocycles. The average molecular weight is 415 g/mol. The van der Waals surface area contributed by atoms with Gasteiger partial charge in [-0.05, 0) is 46.2 Å². The number of nitrogens with two attached hydrogens (primary N) is 2. The number of hydrogen-bond donors (Lipinski definition) is 2. The molecule has 0 saturated heterocycles. The van der Waals surface area contributed by atoms with E-state index in [0.29, 0.717) is 42.5 Å². The van der Waals surface area contributed by atoms with E-state index in [0.717, 1.165) is 27.1 Å². The molecule has 1 aliphatic rings. The van der Waals surface area contributed by atoms with Gasteiger partial charge in [0.1, 0.15) is 5.03 Å². The summed E-state index contributed by atoms with van der Waals surface area (Å²) in [5.41, 5.74) is 14.9. The molecular weight excluding hydrogens is 396 g/mol. The number of rotatable bonds is 6. The molecule has 0 unspecified atom stereocenters. The Morgan fingerprint density at radius 2 is 2.04 bits per heavy atom. The van der Waals surface area contributed by atoms with Gasteiger partial charge < -0.3 is 16.2 Å². The van der Waals surface area contributed by atoms with E-state index >= 15 is 0 Å². The third-order valence-corrected chi connectivity index (χ3v) is 5.89. The summed E-state index contributed by atoms with van der Waals surface area (Å²) in [6, 6.07) is 9.95. The Morgan fingerprint density at radius 3 is 2.86 bits per heavy atom. The van der Waals surface area contributed by atoms with Crippen molar-refractivity contribution in [3.8, 4) is 11.3 Å². The molecule has 0 bridgehead atoms. The van der Waals surface area contributed by atoms with Crippen molar-refractivity contribution in [2.75, 3.05) is 11.5 Å². The highest BCUT2D eigenvalue weighted by atomic mass is 35.5. The topological polar surface area (TPSA) is 104 Å². The molecule has 8 heteroatoms. The average Bonchev–Trinajstić information content (AvgIpc) is 2.65. The summed E-state index contributed by atoms with van der Waals surface area (Å²) in [5.74, 6) is 0.603. The fourth-order valence-corrected chi connectivity index (χ4v) is 4.63. The highest BCUT2D eigenvalue weighted by Gasteiger charge is 2.20. The maximum absolute atomic E-state index is 10.9. The predicted octanol–water partition coefficient (Wildman–Crippen LogP) is 3.92. The van der Waals surface area contributed by atoms with Crippen molar-refractivity contribution >= 4 is 46.0 Å². The Balaban J connectivity index is 1.75. The molecule has 2 heterocycles. The van der Waals surface area contributed by atoms with Crippen LogP contribution >= 0.6 is 23.4 Å². The van der Waals surface area contributed by atoms with Crippen molar-refractivity contribution in [3.05, 3.63) is 46.5 Å². The molecule has 0 saturated carbocycles. The Hall–Kier alpha value is -2.35. The zero-order chi connectivity index (χ0) is 19.7. The van der Waals surface area contributed by atoms with E-state index in [1.54, 1.807) is 0 Å². The van der Waals surface area contributed by atoms with Crippen LogP contribution in [0, 0.1) is 0 Å². The van der Waals surface area contributed by atoms with Crippen molar-refractivity contribution in [2.45, 2.75) is 31.1 Å². The van der Waals surface area contributed by atoms with Crippen molar-refractivity contribution in [2.24, 2.45) is 5.73 Å². The van der Waals surface area contributed by atoms with Gasteiger partial charge in [0.25, 0.3) is 0 Å². The molecule has 0 spiro atoms. The number of amides is 1. The van der Waals surface area contributed by atoms with Crippen LogP contribution in [-0.4, -0.2) is 21.6 Å². The van der Waals surface area contributed by atoms with Gasteiger partial charge >= 0.3 is 0 Å². The van der Waals surface area contributed by atoms with Crippen molar-refractivity contribution < 1.29 is 9.53 Å². The van der Waals surface area contributed by atoms with Crippen LogP contribution < -0.4 is 11.5 Å². The highest BCUT2D eigenvalue weighted by molar-refractivity contribution is 7.99. The Kier molecular flexibility index (Phi) is 5.39. The van der Waals surface area contributed by atoms with Crippen LogP contribution in [0.15, 0.2) is 35.4 Å². The smallest absolute Gasteiger partial charge is 0.221 e. The monoisotopic (exact) mass is 414 g/mol. The minimum Gasteiger partial charge on any atom is -0.372 e. The highest BCUT2D eigenvalue weighted by Crippen LogP contribution is 2.40. The number of anilines is 1. The molecule has 144 valence electrons. The molecule has 28 heavy (non-hydrogen) atoms. The molecule has 0 fully saturated rings. The number of nitrogen functional groups attached to an aromatic ring is 1. The van der Waals surface area contributed by atoms with Gasteiger partial charge in [-0.3, -0.25) is 4.79 Å². The number of carbonyl (C=O) groups is 1. The minimum absolute atomic E-state index is 0.190. The van der Waals surface area contributed by atoms with Crippen LogP contribution in [-0.2, 0) is 22.7 Å². The molecule has 4 rings (SSSR count). The maximum atomic E-state index is 10.9. The minimum atomic E-state index is -0.303. The predicted molar refractivity (Wildman–Crippen MR) is 112 cm³/mol. The van der Waals surface area contributed by atoms with Crippen LogP contribution in [0.4, 0.5) is 5.95 Å². The molecule has 0 radical (unpaired) electrons. The summed E-state index contributed by atoms with van der Waals surface area (Å²) < 4.78 is 5.66. The quantitative estimate of drug-likeness (QED) is 0.360. The Bertz CT molecular complexity index is 1070. The van der Waals surface area contributed by atoms with Crippen LogP contribution in [0.3, 0.4) is 0 Å². The first-order valence-corrected chi connectivity index (χ1v) is 10.3. The second-order valence-electron chi connectivity index (χ2n) is 6.59. The lowest BCUT2D eigenvalue weighted by atomic mass is 9.93. The van der Waals surface area contributed by atoms with E-state index in [-0.39, 0.29) is 11.9 Å². The second kappa shape index (κ2) is 7.95. The van der Waals surface area contributed by atoms with E-state index in [1.165, 1.54) is 17.1 Å². The first-order chi connectivity index (χ1) is 13.5. The standard InChI is InChI=1S/C20H19ClN4O2S/c21-14-7-12-10-27-9-11-3-1-4-13(18(11)12)19(14)15-8-17(25-20(23)24-15)28-6-2-5-16(22)26/h1,3-4,7-8H,2,5-6,9-10H2,(H2,22,26)(H2,23,24,25). The lowest BCUT2D eigenvalue weighted by molar-refractivity contribution is -0.118. The van der Waals surface area contributed by atoms with Gasteiger partial charge in [0.15, 0.2) is 0 Å². The zero-order valence-electron chi connectivity index (χ0n) is 15.1. The zero-order valence-corrected chi connectivity index (χ0v) is 16.6. The van der Waals surface area contributed by atoms with Gasteiger partial charge in [0.2, 0.25) is 11.9 Å². The van der Waals surface area contributed by atoms with E-state index < -0.39 is 0 Å². The number of aromatic nitrogens is 2. The first-order valence-electron chi connectivity index (χ1n) is 8.89. The molecule has 4 N–H and O–H groups in total. The number of thioether (sulfide) groups is 1. The van der Waals surface area contributed by atoms with E-state index in [4.69, 9.17) is 27.8 Å². The van der Waals surface area contributed by atoms with Crippen LogP contribution in [0.5, 0.6) is 0 Å². The van der Waals surface area contributed by atoms with Gasteiger partial charge in [0.05, 0.1) is 23.9 Å².